The van der Waals surface area contributed by atoms with Crippen LogP contribution < -0.4 is 0 Å². The topological polar surface area (TPSA) is 33.1 Å². The zero-order chi connectivity index (χ0) is 9.14. The van der Waals surface area contributed by atoms with Gasteiger partial charge in [0, 0.05) is 11.8 Å². The van der Waals surface area contributed by atoms with Gasteiger partial charge in [-0.15, -0.1) is 0 Å². The highest BCUT2D eigenvalue weighted by atomic mass is 19.1. The maximum Gasteiger partial charge on any atom is 0.216 e. The molecular weight excluding hydrogens is 157 g/mol. The summed E-state index contributed by atoms with van der Waals surface area (Å²) < 4.78 is 13.0. The van der Waals surface area contributed by atoms with Crippen LogP contribution in [-0.2, 0) is 6.42 Å². The van der Waals surface area contributed by atoms with Crippen LogP contribution in [0.2, 0.25) is 0 Å². The number of hydrogen-bond acceptors (Lipinski definition) is 2. The maximum atomic E-state index is 13.0. The number of aliphatic hydroxyl groups is 1. The molecule has 0 fully saturated rings. The van der Waals surface area contributed by atoms with Gasteiger partial charge in [-0.2, -0.15) is 4.39 Å². The highest BCUT2D eigenvalue weighted by molar-refractivity contribution is 5.26. The molecule has 2 nitrogen and oxygen atoms in total. The Labute approximate surface area is 71.1 Å². The van der Waals surface area contributed by atoms with Crippen LogP contribution in [0.1, 0.15) is 31.1 Å². The Hall–Kier alpha value is -0.960. The molecule has 1 aromatic rings. The molecule has 0 amide bonds. The number of aromatic nitrogens is 1. The second-order valence-electron chi connectivity index (χ2n) is 2.70. The third-order valence-corrected chi connectivity index (χ3v) is 1.84. The lowest BCUT2D eigenvalue weighted by atomic mass is 10.0. The Morgan fingerprint density at radius 2 is 2.33 bits per heavy atom. The summed E-state index contributed by atoms with van der Waals surface area (Å²) >= 11 is 0. The van der Waals surface area contributed by atoms with Crippen molar-refractivity contribution in [3.05, 3.63) is 29.3 Å². The molecule has 0 radical (unpaired) electrons. The first-order valence-electron chi connectivity index (χ1n) is 3.98. The van der Waals surface area contributed by atoms with Crippen LogP contribution >= 0.6 is 0 Å². The minimum atomic E-state index is -0.627. The van der Waals surface area contributed by atoms with Crippen molar-refractivity contribution in [3.8, 4) is 0 Å². The summed E-state index contributed by atoms with van der Waals surface area (Å²) in [7, 11) is 0. The van der Waals surface area contributed by atoms with Crippen LogP contribution in [0.15, 0.2) is 12.3 Å². The molecular formula is C9H12FNO. The van der Waals surface area contributed by atoms with E-state index in [0.717, 1.165) is 0 Å². The zero-order valence-electron chi connectivity index (χ0n) is 7.21. The van der Waals surface area contributed by atoms with Crippen molar-refractivity contribution in [2.24, 2.45) is 0 Å². The molecule has 1 aromatic heterocycles. The third-order valence-electron chi connectivity index (χ3n) is 1.84. The molecule has 12 heavy (non-hydrogen) atoms. The van der Waals surface area contributed by atoms with Crippen molar-refractivity contribution in [3.63, 3.8) is 0 Å². The SMILES string of the molecule is CCc1c(C(C)O)ccnc1F. The summed E-state index contributed by atoms with van der Waals surface area (Å²) in [5, 5.41) is 9.27. The lowest BCUT2D eigenvalue weighted by Crippen LogP contribution is -2.02. The Bertz CT molecular complexity index is 273. The second kappa shape index (κ2) is 3.63. The Kier molecular flexibility index (Phi) is 2.76. The molecule has 3 heteroatoms. The van der Waals surface area contributed by atoms with Gasteiger partial charge in [0.2, 0.25) is 5.95 Å². The number of aliphatic hydroxyl groups excluding tert-OH is 1. The predicted molar refractivity (Wildman–Crippen MR) is 44.2 cm³/mol. The van der Waals surface area contributed by atoms with Crippen molar-refractivity contribution in [1.29, 1.82) is 0 Å². The zero-order valence-corrected chi connectivity index (χ0v) is 7.21. The smallest absolute Gasteiger partial charge is 0.216 e. The molecule has 0 aliphatic rings. The quantitative estimate of drug-likeness (QED) is 0.685. The average molecular weight is 169 g/mol. The van der Waals surface area contributed by atoms with E-state index in [1.807, 2.05) is 6.92 Å². The monoisotopic (exact) mass is 169 g/mol. The summed E-state index contributed by atoms with van der Waals surface area (Å²) in [6.07, 6.45) is 1.30. The van der Waals surface area contributed by atoms with Crippen LogP contribution in [0.5, 0.6) is 0 Å². The Morgan fingerprint density at radius 1 is 1.67 bits per heavy atom. The van der Waals surface area contributed by atoms with Crippen LogP contribution in [0.25, 0.3) is 0 Å². The summed E-state index contributed by atoms with van der Waals surface area (Å²) in [5.74, 6) is -0.476. The van der Waals surface area contributed by atoms with Gasteiger partial charge in [0.05, 0.1) is 6.10 Å². The van der Waals surface area contributed by atoms with Gasteiger partial charge < -0.3 is 5.11 Å². The molecule has 1 atom stereocenters. The number of hydrogen-bond donors (Lipinski definition) is 1. The molecule has 0 saturated carbocycles. The van der Waals surface area contributed by atoms with Crippen LogP contribution in [0.3, 0.4) is 0 Å². The second-order valence-corrected chi connectivity index (χ2v) is 2.70. The van der Waals surface area contributed by atoms with E-state index in [2.05, 4.69) is 4.98 Å². The minimum Gasteiger partial charge on any atom is -0.389 e. The van der Waals surface area contributed by atoms with E-state index >= 15 is 0 Å². The summed E-state index contributed by atoms with van der Waals surface area (Å²) in [5.41, 5.74) is 1.14. The normalized spacial score (nSPS) is 13.0. The highest BCUT2D eigenvalue weighted by Gasteiger charge is 2.10. The first-order valence-corrected chi connectivity index (χ1v) is 3.98. The molecule has 0 aromatic carbocycles. The number of rotatable bonds is 2. The fourth-order valence-electron chi connectivity index (χ4n) is 1.22. The number of pyridine rings is 1. The van der Waals surface area contributed by atoms with Gasteiger partial charge in [-0.05, 0) is 25.0 Å². The number of halogens is 1. The summed E-state index contributed by atoms with van der Waals surface area (Å²) in [6, 6.07) is 1.65. The summed E-state index contributed by atoms with van der Waals surface area (Å²) in [6.45, 7) is 3.46. The van der Waals surface area contributed by atoms with E-state index in [1.165, 1.54) is 6.20 Å². The molecule has 66 valence electrons. The Balaban J connectivity index is 3.18. The molecule has 0 aliphatic carbocycles. The molecule has 0 spiro atoms. The van der Waals surface area contributed by atoms with Crippen LogP contribution in [-0.4, -0.2) is 10.1 Å². The Morgan fingerprint density at radius 3 is 2.75 bits per heavy atom. The number of nitrogens with zero attached hydrogens (tertiary/aromatic N) is 1. The van der Waals surface area contributed by atoms with Gasteiger partial charge in [-0.25, -0.2) is 4.98 Å². The minimum absolute atomic E-state index is 0.476. The molecule has 1 heterocycles. The van der Waals surface area contributed by atoms with Gasteiger partial charge in [-0.1, -0.05) is 6.92 Å². The van der Waals surface area contributed by atoms with Crippen molar-refractivity contribution in [2.75, 3.05) is 0 Å². The van der Waals surface area contributed by atoms with E-state index in [0.29, 0.717) is 17.5 Å². The van der Waals surface area contributed by atoms with Crippen molar-refractivity contribution in [2.45, 2.75) is 26.4 Å². The van der Waals surface area contributed by atoms with E-state index in [1.54, 1.807) is 13.0 Å². The van der Waals surface area contributed by atoms with Gasteiger partial charge >= 0.3 is 0 Å². The average Bonchev–Trinajstić information content (AvgIpc) is 2.03. The maximum absolute atomic E-state index is 13.0. The van der Waals surface area contributed by atoms with Gasteiger partial charge in [0.1, 0.15) is 0 Å². The summed E-state index contributed by atoms with van der Waals surface area (Å²) in [4.78, 5) is 3.52. The van der Waals surface area contributed by atoms with Crippen molar-refractivity contribution in [1.82, 2.24) is 4.98 Å². The van der Waals surface area contributed by atoms with Gasteiger partial charge in [0.25, 0.3) is 0 Å². The predicted octanol–water partition coefficient (Wildman–Crippen LogP) is 1.84. The molecule has 1 N–H and O–H groups in total. The lowest BCUT2D eigenvalue weighted by molar-refractivity contribution is 0.197. The molecule has 1 unspecified atom stereocenters. The molecule has 0 bridgehead atoms. The van der Waals surface area contributed by atoms with Crippen molar-refractivity contribution >= 4 is 0 Å². The standard InChI is InChI=1S/C9H12FNO/c1-3-7-8(6(2)12)4-5-11-9(7)10/h4-6,12H,3H2,1-2H3. The molecule has 0 aliphatic heterocycles. The lowest BCUT2D eigenvalue weighted by Gasteiger charge is -2.09. The fraction of sp³-hybridized carbons (Fsp3) is 0.444. The largest absolute Gasteiger partial charge is 0.389 e. The highest BCUT2D eigenvalue weighted by Crippen LogP contribution is 2.18. The fourth-order valence-corrected chi connectivity index (χ4v) is 1.22. The van der Waals surface area contributed by atoms with E-state index in [4.69, 9.17) is 0 Å². The van der Waals surface area contributed by atoms with Crippen LogP contribution in [0.4, 0.5) is 4.39 Å². The first kappa shape index (κ1) is 9.13. The first-order chi connectivity index (χ1) is 5.66. The van der Waals surface area contributed by atoms with Crippen molar-refractivity contribution < 1.29 is 9.50 Å². The molecule has 0 saturated heterocycles. The van der Waals surface area contributed by atoms with Gasteiger partial charge in [0.15, 0.2) is 0 Å². The third kappa shape index (κ3) is 1.61. The van der Waals surface area contributed by atoms with Gasteiger partial charge in [-0.3, -0.25) is 0 Å². The van der Waals surface area contributed by atoms with Crippen LogP contribution in [0, 0.1) is 5.95 Å². The van der Waals surface area contributed by atoms with E-state index in [-0.39, 0.29) is 0 Å². The molecule has 1 rings (SSSR count). The van der Waals surface area contributed by atoms with E-state index < -0.39 is 12.1 Å². The van der Waals surface area contributed by atoms with E-state index in [9.17, 15) is 9.50 Å².